The second kappa shape index (κ2) is 7.92. The number of aromatic nitrogens is 1. The van der Waals surface area contributed by atoms with Gasteiger partial charge in [-0.15, -0.1) is 0 Å². The van der Waals surface area contributed by atoms with Crippen molar-refractivity contribution in [2.24, 2.45) is 17.8 Å². The SMILES string of the molecule is COc1cc(CNC23CC4CC(CC(C4)C2)C3)cc(Br)c1OCc1cccnc1. The van der Waals surface area contributed by atoms with Gasteiger partial charge in [-0.2, -0.15) is 0 Å². The van der Waals surface area contributed by atoms with Crippen molar-refractivity contribution >= 4 is 15.9 Å². The van der Waals surface area contributed by atoms with E-state index in [0.29, 0.717) is 12.1 Å². The van der Waals surface area contributed by atoms with Crippen LogP contribution in [0.2, 0.25) is 0 Å². The van der Waals surface area contributed by atoms with Crippen LogP contribution in [0.25, 0.3) is 0 Å². The number of halogens is 1. The number of ether oxygens (including phenoxy) is 2. The molecule has 0 saturated heterocycles. The van der Waals surface area contributed by atoms with Crippen LogP contribution in [-0.4, -0.2) is 17.6 Å². The van der Waals surface area contributed by atoms with Gasteiger partial charge in [0.05, 0.1) is 11.6 Å². The number of nitrogens with zero attached hydrogens (tertiary/aromatic N) is 1. The Labute approximate surface area is 181 Å². The molecule has 5 heteroatoms. The van der Waals surface area contributed by atoms with Gasteiger partial charge < -0.3 is 14.8 Å². The van der Waals surface area contributed by atoms with E-state index in [1.54, 1.807) is 13.3 Å². The fourth-order valence-corrected chi connectivity index (χ4v) is 6.87. The van der Waals surface area contributed by atoms with E-state index in [-0.39, 0.29) is 0 Å². The van der Waals surface area contributed by atoms with Gasteiger partial charge >= 0.3 is 0 Å². The van der Waals surface area contributed by atoms with Gasteiger partial charge in [-0.05, 0) is 96.0 Å². The first-order valence-corrected chi connectivity index (χ1v) is 11.5. The van der Waals surface area contributed by atoms with Crippen LogP contribution in [0.15, 0.2) is 41.1 Å². The predicted octanol–water partition coefficient (Wildman–Crippen LogP) is 5.49. The summed E-state index contributed by atoms with van der Waals surface area (Å²) >= 11 is 3.70. The molecule has 0 unspecified atom stereocenters. The molecule has 154 valence electrons. The van der Waals surface area contributed by atoms with E-state index in [0.717, 1.165) is 45.8 Å². The molecule has 4 saturated carbocycles. The standard InChI is InChI=1S/C24H29BrN2O2/c1-28-22-9-20(8-21(25)23(22)29-15-16-3-2-4-26-13-16)14-27-24-10-17-5-18(11-24)7-19(6-17)12-24/h2-4,8-9,13,17-19,27H,5-7,10-12,14-15H2,1H3. The van der Waals surface area contributed by atoms with Gasteiger partial charge in [0, 0.05) is 30.0 Å². The Morgan fingerprint density at radius 2 is 1.83 bits per heavy atom. The number of rotatable bonds is 7. The van der Waals surface area contributed by atoms with E-state index in [1.807, 2.05) is 18.3 Å². The second-order valence-electron chi connectivity index (χ2n) is 9.31. The Hall–Kier alpha value is -1.59. The molecule has 6 rings (SSSR count). The smallest absolute Gasteiger partial charge is 0.175 e. The van der Waals surface area contributed by atoms with Crippen molar-refractivity contribution in [1.82, 2.24) is 10.3 Å². The molecule has 4 aliphatic rings. The first-order valence-electron chi connectivity index (χ1n) is 10.8. The summed E-state index contributed by atoms with van der Waals surface area (Å²) < 4.78 is 12.6. The van der Waals surface area contributed by atoms with Gasteiger partial charge in [-0.25, -0.2) is 0 Å². The average Bonchev–Trinajstić information content (AvgIpc) is 2.71. The minimum absolute atomic E-state index is 0.365. The van der Waals surface area contributed by atoms with Crippen molar-refractivity contribution in [2.75, 3.05) is 7.11 Å². The molecule has 4 nitrogen and oxygen atoms in total. The van der Waals surface area contributed by atoms with Gasteiger partial charge in [0.25, 0.3) is 0 Å². The van der Waals surface area contributed by atoms with E-state index in [2.05, 4.69) is 38.4 Å². The van der Waals surface area contributed by atoms with E-state index in [9.17, 15) is 0 Å². The zero-order valence-corrected chi connectivity index (χ0v) is 18.6. The molecule has 1 aromatic carbocycles. The van der Waals surface area contributed by atoms with E-state index < -0.39 is 0 Å². The van der Waals surface area contributed by atoms with Gasteiger partial charge in [0.1, 0.15) is 6.61 Å². The summed E-state index contributed by atoms with van der Waals surface area (Å²) in [4.78, 5) is 4.15. The maximum atomic E-state index is 6.05. The predicted molar refractivity (Wildman–Crippen MR) is 117 cm³/mol. The summed E-state index contributed by atoms with van der Waals surface area (Å²) in [5, 5.41) is 3.97. The molecule has 0 spiro atoms. The van der Waals surface area contributed by atoms with Crippen LogP contribution in [0.3, 0.4) is 0 Å². The molecule has 1 aromatic heterocycles. The maximum Gasteiger partial charge on any atom is 0.175 e. The molecule has 4 fully saturated rings. The maximum absolute atomic E-state index is 6.05. The summed E-state index contributed by atoms with van der Waals surface area (Å²) in [7, 11) is 1.70. The van der Waals surface area contributed by atoms with Crippen molar-refractivity contribution in [3.05, 3.63) is 52.3 Å². The third-order valence-corrected chi connectivity index (χ3v) is 7.69. The van der Waals surface area contributed by atoms with Crippen molar-refractivity contribution in [2.45, 2.75) is 57.2 Å². The highest BCUT2D eigenvalue weighted by Gasteiger charge is 2.50. The molecule has 2 aromatic rings. The topological polar surface area (TPSA) is 43.4 Å². The Balaban J connectivity index is 1.28. The highest BCUT2D eigenvalue weighted by Crippen LogP contribution is 2.55. The van der Waals surface area contributed by atoms with E-state index in [4.69, 9.17) is 9.47 Å². The van der Waals surface area contributed by atoms with Crippen molar-refractivity contribution in [3.63, 3.8) is 0 Å². The average molecular weight is 457 g/mol. The van der Waals surface area contributed by atoms with Gasteiger partial charge in [-0.3, -0.25) is 4.98 Å². The van der Waals surface area contributed by atoms with Crippen molar-refractivity contribution < 1.29 is 9.47 Å². The minimum atomic E-state index is 0.365. The van der Waals surface area contributed by atoms with Crippen molar-refractivity contribution in [1.29, 1.82) is 0 Å². The fraction of sp³-hybridized carbons (Fsp3) is 0.542. The summed E-state index contributed by atoms with van der Waals surface area (Å²) in [5.74, 6) is 4.38. The van der Waals surface area contributed by atoms with E-state index in [1.165, 1.54) is 44.1 Å². The lowest BCUT2D eigenvalue weighted by Crippen LogP contribution is -2.58. The number of pyridine rings is 1. The number of benzene rings is 1. The number of methoxy groups -OCH3 is 1. The zero-order chi connectivity index (χ0) is 19.8. The van der Waals surface area contributed by atoms with Crippen LogP contribution in [-0.2, 0) is 13.2 Å². The zero-order valence-electron chi connectivity index (χ0n) is 17.0. The van der Waals surface area contributed by atoms with Gasteiger partial charge in [0.15, 0.2) is 11.5 Å². The van der Waals surface area contributed by atoms with Gasteiger partial charge in [-0.1, -0.05) is 6.07 Å². The third-order valence-electron chi connectivity index (χ3n) is 7.10. The highest BCUT2D eigenvalue weighted by molar-refractivity contribution is 9.10. The molecule has 1 N–H and O–H groups in total. The Bertz CT molecular complexity index is 835. The Kier molecular flexibility index (Phi) is 5.29. The molecule has 4 bridgehead atoms. The molecule has 0 aliphatic heterocycles. The molecule has 29 heavy (non-hydrogen) atoms. The monoisotopic (exact) mass is 456 g/mol. The van der Waals surface area contributed by atoms with Crippen LogP contribution >= 0.6 is 15.9 Å². The molecule has 0 radical (unpaired) electrons. The van der Waals surface area contributed by atoms with Crippen LogP contribution in [0.5, 0.6) is 11.5 Å². The lowest BCUT2D eigenvalue weighted by Gasteiger charge is -2.57. The number of hydrogen-bond donors (Lipinski definition) is 1. The van der Waals surface area contributed by atoms with Crippen LogP contribution in [0.4, 0.5) is 0 Å². The van der Waals surface area contributed by atoms with Crippen molar-refractivity contribution in [3.8, 4) is 11.5 Å². The molecular weight excluding hydrogens is 428 g/mol. The fourth-order valence-electron chi connectivity index (χ4n) is 6.27. The third kappa shape index (κ3) is 4.04. The lowest BCUT2D eigenvalue weighted by molar-refractivity contribution is -0.0206. The largest absolute Gasteiger partial charge is 0.493 e. The molecule has 1 heterocycles. The quantitative estimate of drug-likeness (QED) is 0.597. The van der Waals surface area contributed by atoms with Crippen LogP contribution in [0.1, 0.15) is 49.7 Å². The molecule has 0 atom stereocenters. The second-order valence-corrected chi connectivity index (χ2v) is 10.2. The molecular formula is C24H29BrN2O2. The van der Waals surface area contributed by atoms with Crippen LogP contribution in [0, 0.1) is 17.8 Å². The Morgan fingerprint density at radius 1 is 1.10 bits per heavy atom. The summed E-state index contributed by atoms with van der Waals surface area (Å²) in [6, 6.07) is 8.20. The first-order chi connectivity index (χ1) is 14.1. The highest BCUT2D eigenvalue weighted by atomic mass is 79.9. The number of hydrogen-bond acceptors (Lipinski definition) is 4. The number of nitrogens with one attached hydrogen (secondary N) is 1. The Morgan fingerprint density at radius 3 is 2.45 bits per heavy atom. The van der Waals surface area contributed by atoms with Crippen LogP contribution < -0.4 is 14.8 Å². The lowest BCUT2D eigenvalue weighted by atomic mass is 9.53. The summed E-state index contributed by atoms with van der Waals surface area (Å²) in [5.41, 5.74) is 2.64. The van der Waals surface area contributed by atoms with Gasteiger partial charge in [0.2, 0.25) is 0 Å². The minimum Gasteiger partial charge on any atom is -0.493 e. The molecule has 4 aliphatic carbocycles. The summed E-state index contributed by atoms with van der Waals surface area (Å²) in [6.45, 7) is 1.34. The summed E-state index contributed by atoms with van der Waals surface area (Å²) in [6.07, 6.45) is 12.1. The normalized spacial score (nSPS) is 29.8. The first kappa shape index (κ1) is 19.4. The molecule has 0 amide bonds. The van der Waals surface area contributed by atoms with E-state index >= 15 is 0 Å².